The minimum absolute atomic E-state index is 0.627. The summed E-state index contributed by atoms with van der Waals surface area (Å²) >= 11 is 0. The van der Waals surface area contributed by atoms with Crippen molar-refractivity contribution in [1.29, 1.82) is 0 Å². The van der Waals surface area contributed by atoms with Crippen LogP contribution in [-0.2, 0) is 0 Å². The van der Waals surface area contributed by atoms with Crippen molar-refractivity contribution in [2.45, 2.75) is 233 Å². The fraction of sp³-hybridized carbons (Fsp3) is 1.00. The molecule has 0 aromatic rings. The lowest BCUT2D eigenvalue weighted by Gasteiger charge is -2.30. The highest BCUT2D eigenvalue weighted by molar-refractivity contribution is 4.75. The molecule has 0 unspecified atom stereocenters. The van der Waals surface area contributed by atoms with Gasteiger partial charge >= 0.3 is 0 Å². The third-order valence-corrected chi connectivity index (χ3v) is 9.15. The van der Waals surface area contributed by atoms with Gasteiger partial charge in [0, 0.05) is 0 Å². The Balaban J connectivity index is 3.98. The monoisotopic (exact) mass is 521 g/mol. The van der Waals surface area contributed by atoms with Gasteiger partial charge in [0.25, 0.3) is 0 Å². The summed E-state index contributed by atoms with van der Waals surface area (Å²) in [7, 11) is 0. The summed E-state index contributed by atoms with van der Waals surface area (Å²) in [5.74, 6) is 0. The second-order valence-electron chi connectivity index (χ2n) is 13.3. The van der Waals surface area contributed by atoms with E-state index in [1.165, 1.54) is 205 Å². The van der Waals surface area contributed by atoms with E-state index in [0.717, 1.165) is 0 Å². The molecule has 0 bridgehead atoms. The molecule has 0 rings (SSSR count). The van der Waals surface area contributed by atoms with Crippen molar-refractivity contribution in [3.8, 4) is 0 Å². The predicted octanol–water partition coefficient (Wildman–Crippen LogP) is 14.5. The van der Waals surface area contributed by atoms with E-state index in [4.69, 9.17) is 0 Å². The molecule has 37 heavy (non-hydrogen) atoms. The highest BCUT2D eigenvalue weighted by atomic mass is 14.3. The van der Waals surface area contributed by atoms with E-state index in [1.807, 2.05) is 0 Å². The van der Waals surface area contributed by atoms with E-state index < -0.39 is 0 Å². The first-order chi connectivity index (χ1) is 18.2. The van der Waals surface area contributed by atoms with Crippen molar-refractivity contribution >= 4 is 0 Å². The van der Waals surface area contributed by atoms with Gasteiger partial charge in [0.2, 0.25) is 0 Å². The van der Waals surface area contributed by atoms with E-state index in [0.29, 0.717) is 5.41 Å². The van der Waals surface area contributed by atoms with Crippen LogP contribution >= 0.6 is 0 Å². The van der Waals surface area contributed by atoms with Gasteiger partial charge in [-0.15, -0.1) is 0 Å². The van der Waals surface area contributed by atoms with Crippen LogP contribution in [0.4, 0.5) is 0 Å². The first-order valence-electron chi connectivity index (χ1n) is 18.2. The zero-order chi connectivity index (χ0) is 27.1. The maximum absolute atomic E-state index is 2.66. The Morgan fingerprint density at radius 3 is 0.595 bits per heavy atom. The minimum Gasteiger partial charge on any atom is -0.0654 e. The van der Waals surface area contributed by atoms with Crippen LogP contribution in [-0.4, -0.2) is 0 Å². The molecule has 0 saturated carbocycles. The van der Waals surface area contributed by atoms with Gasteiger partial charge in [-0.3, -0.25) is 0 Å². The molecule has 224 valence electrons. The lowest BCUT2D eigenvalue weighted by atomic mass is 9.75. The van der Waals surface area contributed by atoms with Gasteiger partial charge in [0.05, 0.1) is 0 Å². The average molecular weight is 521 g/mol. The van der Waals surface area contributed by atoms with Gasteiger partial charge in [-0.1, -0.05) is 214 Å². The standard InChI is InChI=1S/C37H76/c1-5-8-11-14-17-20-21-22-23-24-27-30-33-36-37(4,34-31-28-25-18-15-12-9-6-2)35-32-29-26-19-16-13-10-7-3/h5-36H2,1-4H3. The van der Waals surface area contributed by atoms with Crippen LogP contribution in [0.2, 0.25) is 0 Å². The summed E-state index contributed by atoms with van der Waals surface area (Å²) in [5, 5.41) is 0. The molecule has 0 amide bonds. The summed E-state index contributed by atoms with van der Waals surface area (Å²) in [6, 6.07) is 0. The fourth-order valence-electron chi connectivity index (χ4n) is 6.32. The summed E-state index contributed by atoms with van der Waals surface area (Å²) in [6.45, 7) is 9.63. The van der Waals surface area contributed by atoms with Crippen molar-refractivity contribution in [3.05, 3.63) is 0 Å². The normalized spacial score (nSPS) is 12.0. The summed E-state index contributed by atoms with van der Waals surface area (Å²) in [5.41, 5.74) is 0.627. The van der Waals surface area contributed by atoms with Crippen molar-refractivity contribution < 1.29 is 0 Å². The molecule has 0 aromatic carbocycles. The van der Waals surface area contributed by atoms with Crippen molar-refractivity contribution in [2.75, 3.05) is 0 Å². The van der Waals surface area contributed by atoms with Gasteiger partial charge in [-0.05, 0) is 24.7 Å². The number of hydrogen-bond acceptors (Lipinski definition) is 0. The molecule has 0 saturated heterocycles. The molecule has 0 aliphatic heterocycles. The van der Waals surface area contributed by atoms with Crippen LogP contribution in [0.25, 0.3) is 0 Å². The highest BCUT2D eigenvalue weighted by Crippen LogP contribution is 2.37. The molecule has 0 heterocycles. The van der Waals surface area contributed by atoms with Gasteiger partial charge in [-0.2, -0.15) is 0 Å². The molecule has 0 nitrogen and oxygen atoms in total. The SMILES string of the molecule is CCCCCCCCCCCCCCCC(C)(CCCCCCCCCC)CCCCCCCCCC. The van der Waals surface area contributed by atoms with Gasteiger partial charge in [0.15, 0.2) is 0 Å². The first kappa shape index (κ1) is 37.0. The van der Waals surface area contributed by atoms with Crippen LogP contribution in [0.1, 0.15) is 233 Å². The molecule has 0 aliphatic carbocycles. The van der Waals surface area contributed by atoms with Crippen LogP contribution in [0.5, 0.6) is 0 Å². The molecular formula is C37H76. The van der Waals surface area contributed by atoms with Crippen molar-refractivity contribution in [2.24, 2.45) is 5.41 Å². The zero-order valence-corrected chi connectivity index (χ0v) is 27.1. The molecule has 0 atom stereocenters. The third kappa shape index (κ3) is 28.8. The Bertz CT molecular complexity index is 377. The Morgan fingerprint density at radius 1 is 0.243 bits per heavy atom. The Morgan fingerprint density at radius 2 is 0.405 bits per heavy atom. The van der Waals surface area contributed by atoms with Crippen molar-refractivity contribution in [3.63, 3.8) is 0 Å². The Labute approximate surface area is 238 Å². The van der Waals surface area contributed by atoms with E-state index in [2.05, 4.69) is 27.7 Å². The summed E-state index contributed by atoms with van der Waals surface area (Å²) < 4.78 is 0. The van der Waals surface area contributed by atoms with E-state index >= 15 is 0 Å². The van der Waals surface area contributed by atoms with Crippen LogP contribution in [0, 0.1) is 5.41 Å². The maximum atomic E-state index is 2.66. The molecule has 0 fully saturated rings. The number of rotatable bonds is 32. The first-order valence-corrected chi connectivity index (χ1v) is 18.2. The van der Waals surface area contributed by atoms with Crippen LogP contribution in [0.3, 0.4) is 0 Å². The topological polar surface area (TPSA) is 0 Å². The maximum Gasteiger partial charge on any atom is -0.0326 e. The van der Waals surface area contributed by atoms with E-state index in [-0.39, 0.29) is 0 Å². The zero-order valence-electron chi connectivity index (χ0n) is 27.1. The largest absolute Gasteiger partial charge is 0.0654 e. The molecule has 0 aliphatic rings. The smallest absolute Gasteiger partial charge is 0.0326 e. The van der Waals surface area contributed by atoms with Crippen LogP contribution < -0.4 is 0 Å². The van der Waals surface area contributed by atoms with Gasteiger partial charge in [-0.25, -0.2) is 0 Å². The molecule has 0 heteroatoms. The van der Waals surface area contributed by atoms with E-state index in [1.54, 1.807) is 0 Å². The summed E-state index contributed by atoms with van der Waals surface area (Å²) in [4.78, 5) is 0. The molecule has 0 N–H and O–H groups in total. The third-order valence-electron chi connectivity index (χ3n) is 9.15. The molecular weight excluding hydrogens is 444 g/mol. The van der Waals surface area contributed by atoms with E-state index in [9.17, 15) is 0 Å². The fourth-order valence-corrected chi connectivity index (χ4v) is 6.32. The molecule has 0 aromatic heterocycles. The Kier molecular flexibility index (Phi) is 30.5. The molecule has 0 radical (unpaired) electrons. The minimum atomic E-state index is 0.627. The van der Waals surface area contributed by atoms with Crippen molar-refractivity contribution in [1.82, 2.24) is 0 Å². The van der Waals surface area contributed by atoms with Crippen LogP contribution in [0.15, 0.2) is 0 Å². The second-order valence-corrected chi connectivity index (χ2v) is 13.3. The van der Waals surface area contributed by atoms with Gasteiger partial charge < -0.3 is 0 Å². The quantitative estimate of drug-likeness (QED) is 0.0773. The summed E-state index contributed by atoms with van der Waals surface area (Å²) in [6.07, 6.45) is 47.0. The molecule has 0 spiro atoms. The second kappa shape index (κ2) is 30.5. The lowest BCUT2D eigenvalue weighted by molar-refractivity contribution is 0.222. The Hall–Kier alpha value is 0. The number of hydrogen-bond donors (Lipinski definition) is 0. The highest BCUT2D eigenvalue weighted by Gasteiger charge is 2.22. The lowest BCUT2D eigenvalue weighted by Crippen LogP contribution is -2.16. The average Bonchev–Trinajstić information content (AvgIpc) is 2.90. The number of unbranched alkanes of at least 4 members (excludes halogenated alkanes) is 26. The predicted molar refractivity (Wildman–Crippen MR) is 173 cm³/mol. The van der Waals surface area contributed by atoms with Gasteiger partial charge in [0.1, 0.15) is 0 Å².